The van der Waals surface area contributed by atoms with Crippen LogP contribution in [0.1, 0.15) is 24.2 Å². The molecular formula is C23H24N2O2S. The SMILES string of the molecule is CC(C)NC(=O)CSc1ccccc1C(=O)N(C)c1ccc2ccccc2c1. The molecule has 0 spiro atoms. The molecule has 0 radical (unpaired) electrons. The Labute approximate surface area is 169 Å². The van der Waals surface area contributed by atoms with Gasteiger partial charge in [-0.2, -0.15) is 0 Å². The zero-order valence-electron chi connectivity index (χ0n) is 16.3. The highest BCUT2D eigenvalue weighted by Gasteiger charge is 2.18. The van der Waals surface area contributed by atoms with Crippen molar-refractivity contribution in [2.75, 3.05) is 17.7 Å². The Morgan fingerprint density at radius 1 is 0.964 bits per heavy atom. The van der Waals surface area contributed by atoms with Gasteiger partial charge in [0, 0.05) is 23.7 Å². The quantitative estimate of drug-likeness (QED) is 0.617. The highest BCUT2D eigenvalue weighted by atomic mass is 32.2. The number of amides is 2. The van der Waals surface area contributed by atoms with Gasteiger partial charge in [0.2, 0.25) is 5.91 Å². The fourth-order valence-electron chi connectivity index (χ4n) is 2.96. The highest BCUT2D eigenvalue weighted by molar-refractivity contribution is 8.00. The van der Waals surface area contributed by atoms with E-state index in [1.807, 2.05) is 74.5 Å². The number of hydrogen-bond acceptors (Lipinski definition) is 3. The lowest BCUT2D eigenvalue weighted by Crippen LogP contribution is -2.31. The van der Waals surface area contributed by atoms with Crippen molar-refractivity contribution in [3.63, 3.8) is 0 Å². The van der Waals surface area contributed by atoms with E-state index in [1.165, 1.54) is 11.8 Å². The molecule has 3 rings (SSSR count). The van der Waals surface area contributed by atoms with Crippen molar-refractivity contribution < 1.29 is 9.59 Å². The molecule has 1 N–H and O–H groups in total. The number of carbonyl (C=O) groups excluding carboxylic acids is 2. The lowest BCUT2D eigenvalue weighted by atomic mass is 10.1. The van der Waals surface area contributed by atoms with Gasteiger partial charge in [0.25, 0.3) is 5.91 Å². The summed E-state index contributed by atoms with van der Waals surface area (Å²) < 4.78 is 0. The summed E-state index contributed by atoms with van der Waals surface area (Å²) in [5, 5.41) is 5.10. The van der Waals surface area contributed by atoms with Crippen molar-refractivity contribution in [1.29, 1.82) is 0 Å². The number of benzene rings is 3. The van der Waals surface area contributed by atoms with Gasteiger partial charge in [-0.15, -0.1) is 11.8 Å². The number of nitrogens with zero attached hydrogens (tertiary/aromatic N) is 1. The summed E-state index contributed by atoms with van der Waals surface area (Å²) in [5.41, 5.74) is 1.43. The maximum absolute atomic E-state index is 13.1. The van der Waals surface area contributed by atoms with Gasteiger partial charge in [-0.25, -0.2) is 0 Å². The highest BCUT2D eigenvalue weighted by Crippen LogP contribution is 2.27. The molecule has 28 heavy (non-hydrogen) atoms. The van der Waals surface area contributed by atoms with E-state index in [0.717, 1.165) is 21.4 Å². The zero-order valence-corrected chi connectivity index (χ0v) is 17.1. The Bertz CT molecular complexity index is 1000. The third-order valence-corrected chi connectivity index (χ3v) is 5.42. The van der Waals surface area contributed by atoms with Crippen LogP contribution in [0.25, 0.3) is 10.8 Å². The molecule has 3 aromatic rings. The second kappa shape index (κ2) is 8.93. The molecule has 0 atom stereocenters. The van der Waals surface area contributed by atoms with Crippen LogP contribution in [0.2, 0.25) is 0 Å². The first-order valence-electron chi connectivity index (χ1n) is 9.24. The van der Waals surface area contributed by atoms with E-state index < -0.39 is 0 Å². The maximum atomic E-state index is 13.1. The van der Waals surface area contributed by atoms with Crippen LogP contribution in [0.4, 0.5) is 5.69 Å². The topological polar surface area (TPSA) is 49.4 Å². The van der Waals surface area contributed by atoms with Gasteiger partial charge in [-0.05, 0) is 48.9 Å². The molecule has 0 aliphatic carbocycles. The van der Waals surface area contributed by atoms with Gasteiger partial charge in [-0.1, -0.05) is 42.5 Å². The van der Waals surface area contributed by atoms with Crippen molar-refractivity contribution in [2.24, 2.45) is 0 Å². The monoisotopic (exact) mass is 392 g/mol. The zero-order chi connectivity index (χ0) is 20.1. The molecule has 144 valence electrons. The molecule has 0 aliphatic heterocycles. The fourth-order valence-corrected chi connectivity index (χ4v) is 3.81. The van der Waals surface area contributed by atoms with Crippen molar-refractivity contribution in [1.82, 2.24) is 5.32 Å². The van der Waals surface area contributed by atoms with Crippen molar-refractivity contribution >= 4 is 40.0 Å². The van der Waals surface area contributed by atoms with Crippen LogP contribution in [-0.2, 0) is 4.79 Å². The van der Waals surface area contributed by atoms with Crippen LogP contribution in [0.15, 0.2) is 71.6 Å². The summed E-state index contributed by atoms with van der Waals surface area (Å²) in [7, 11) is 1.78. The molecule has 0 saturated heterocycles. The molecule has 0 unspecified atom stereocenters. The fraction of sp³-hybridized carbons (Fsp3) is 0.217. The summed E-state index contributed by atoms with van der Waals surface area (Å²) >= 11 is 1.38. The van der Waals surface area contributed by atoms with Crippen molar-refractivity contribution in [3.05, 3.63) is 72.3 Å². The second-order valence-electron chi connectivity index (χ2n) is 6.90. The number of anilines is 1. The lowest BCUT2D eigenvalue weighted by molar-refractivity contribution is -0.119. The van der Waals surface area contributed by atoms with E-state index in [-0.39, 0.29) is 23.6 Å². The normalized spacial score (nSPS) is 10.9. The number of carbonyl (C=O) groups is 2. The predicted molar refractivity (Wildman–Crippen MR) is 117 cm³/mol. The summed E-state index contributed by atoms with van der Waals surface area (Å²) in [6, 6.07) is 21.6. The Morgan fingerprint density at radius 3 is 2.39 bits per heavy atom. The summed E-state index contributed by atoms with van der Waals surface area (Å²) in [6.07, 6.45) is 0. The minimum atomic E-state index is -0.0948. The molecule has 0 aliphatic rings. The van der Waals surface area contributed by atoms with Gasteiger partial charge in [0.1, 0.15) is 0 Å². The Morgan fingerprint density at radius 2 is 1.64 bits per heavy atom. The molecule has 0 saturated carbocycles. The van der Waals surface area contributed by atoms with E-state index in [2.05, 4.69) is 11.4 Å². The van der Waals surface area contributed by atoms with Gasteiger partial charge >= 0.3 is 0 Å². The van der Waals surface area contributed by atoms with Crippen LogP contribution in [0.3, 0.4) is 0 Å². The number of hydrogen-bond donors (Lipinski definition) is 1. The Kier molecular flexibility index (Phi) is 6.37. The molecule has 3 aromatic carbocycles. The average molecular weight is 393 g/mol. The van der Waals surface area contributed by atoms with E-state index in [0.29, 0.717) is 5.56 Å². The molecule has 2 amide bonds. The third-order valence-electron chi connectivity index (χ3n) is 4.35. The maximum Gasteiger partial charge on any atom is 0.259 e. The van der Waals surface area contributed by atoms with Crippen LogP contribution < -0.4 is 10.2 Å². The van der Waals surface area contributed by atoms with Crippen molar-refractivity contribution in [3.8, 4) is 0 Å². The van der Waals surface area contributed by atoms with E-state index >= 15 is 0 Å². The first-order chi connectivity index (χ1) is 13.5. The second-order valence-corrected chi connectivity index (χ2v) is 7.92. The minimum absolute atomic E-state index is 0.0369. The summed E-state index contributed by atoms with van der Waals surface area (Å²) in [5.74, 6) is 0.148. The van der Waals surface area contributed by atoms with Crippen LogP contribution in [0.5, 0.6) is 0 Å². The Balaban J connectivity index is 1.80. The summed E-state index contributed by atoms with van der Waals surface area (Å²) in [6.45, 7) is 3.86. The van der Waals surface area contributed by atoms with Crippen LogP contribution in [-0.4, -0.2) is 30.7 Å². The van der Waals surface area contributed by atoms with E-state index in [1.54, 1.807) is 11.9 Å². The standard InChI is InChI=1S/C23H24N2O2S/c1-16(2)24-22(26)15-28-21-11-7-6-10-20(21)23(27)25(3)19-13-12-17-8-4-5-9-18(17)14-19/h4-14,16H,15H2,1-3H3,(H,24,26). The van der Waals surface area contributed by atoms with E-state index in [4.69, 9.17) is 0 Å². The smallest absolute Gasteiger partial charge is 0.259 e. The molecule has 5 heteroatoms. The predicted octanol–water partition coefficient (Wildman–Crippen LogP) is 4.73. The Hall–Kier alpha value is -2.79. The third kappa shape index (κ3) is 4.73. The average Bonchev–Trinajstić information content (AvgIpc) is 2.70. The van der Waals surface area contributed by atoms with Gasteiger partial charge in [0.15, 0.2) is 0 Å². The molecule has 0 aromatic heterocycles. The van der Waals surface area contributed by atoms with Crippen molar-refractivity contribution in [2.45, 2.75) is 24.8 Å². The molecule has 0 fully saturated rings. The van der Waals surface area contributed by atoms with Gasteiger partial charge in [0.05, 0.1) is 11.3 Å². The van der Waals surface area contributed by atoms with Gasteiger partial charge < -0.3 is 10.2 Å². The van der Waals surface area contributed by atoms with E-state index in [9.17, 15) is 9.59 Å². The molecule has 0 bridgehead atoms. The molecule has 0 heterocycles. The number of fused-ring (bicyclic) bond motifs is 1. The molecular weight excluding hydrogens is 368 g/mol. The number of rotatable bonds is 6. The number of nitrogens with one attached hydrogen (secondary N) is 1. The van der Waals surface area contributed by atoms with Gasteiger partial charge in [-0.3, -0.25) is 9.59 Å². The van der Waals surface area contributed by atoms with Crippen LogP contribution >= 0.6 is 11.8 Å². The number of thioether (sulfide) groups is 1. The largest absolute Gasteiger partial charge is 0.353 e. The molecule has 4 nitrogen and oxygen atoms in total. The lowest BCUT2D eigenvalue weighted by Gasteiger charge is -2.19. The summed E-state index contributed by atoms with van der Waals surface area (Å²) in [4.78, 5) is 27.6. The van der Waals surface area contributed by atoms with Crippen LogP contribution in [0, 0.1) is 0 Å². The first-order valence-corrected chi connectivity index (χ1v) is 10.2. The minimum Gasteiger partial charge on any atom is -0.353 e. The first kappa shape index (κ1) is 20.0.